The summed E-state index contributed by atoms with van der Waals surface area (Å²) in [4.78, 5) is 7.13. The summed E-state index contributed by atoms with van der Waals surface area (Å²) in [6, 6.07) is 16.7. The fourth-order valence-electron chi connectivity index (χ4n) is 3.73. The number of aliphatic hydroxyl groups is 1. The van der Waals surface area contributed by atoms with Gasteiger partial charge < -0.3 is 25.4 Å². The Morgan fingerprint density at radius 2 is 1.83 bits per heavy atom. The van der Waals surface area contributed by atoms with Gasteiger partial charge in [0.05, 0.1) is 13.7 Å². The van der Waals surface area contributed by atoms with Crippen LogP contribution >= 0.6 is 0 Å². The molecule has 0 aliphatic carbocycles. The van der Waals surface area contributed by atoms with Gasteiger partial charge in [-0.15, -0.1) is 0 Å². The van der Waals surface area contributed by atoms with Crippen LogP contribution in [0, 0.1) is 5.92 Å². The summed E-state index contributed by atoms with van der Waals surface area (Å²) in [6.07, 6.45) is 2.12. The third kappa shape index (κ3) is 6.13. The maximum atomic E-state index is 9.31. The zero-order valence-electron chi connectivity index (χ0n) is 18.1. The van der Waals surface area contributed by atoms with Crippen molar-refractivity contribution >= 4 is 11.6 Å². The number of methoxy groups -OCH3 is 1. The average molecular weight is 411 g/mol. The first-order valence-corrected chi connectivity index (χ1v) is 10.8. The molecule has 3 N–H and O–H groups in total. The molecule has 1 saturated heterocycles. The number of nitrogens with zero attached hydrogens (tertiary/aromatic N) is 2. The Labute approximate surface area is 180 Å². The van der Waals surface area contributed by atoms with Crippen LogP contribution in [0.15, 0.2) is 53.5 Å². The van der Waals surface area contributed by atoms with Crippen LogP contribution in [0.5, 0.6) is 5.75 Å². The molecule has 6 heteroatoms. The van der Waals surface area contributed by atoms with Gasteiger partial charge >= 0.3 is 0 Å². The number of anilines is 1. The maximum Gasteiger partial charge on any atom is 0.191 e. The Balaban J connectivity index is 1.56. The Kier molecular flexibility index (Phi) is 8.39. The molecule has 0 amide bonds. The first-order chi connectivity index (χ1) is 14.7. The highest BCUT2D eigenvalue weighted by atomic mass is 16.5. The van der Waals surface area contributed by atoms with Crippen molar-refractivity contribution in [2.24, 2.45) is 10.9 Å². The highest BCUT2D eigenvalue weighted by Crippen LogP contribution is 2.23. The number of para-hydroxylation sites is 1. The fourth-order valence-corrected chi connectivity index (χ4v) is 3.73. The van der Waals surface area contributed by atoms with E-state index in [0.29, 0.717) is 25.6 Å². The molecule has 0 bridgehead atoms. The van der Waals surface area contributed by atoms with E-state index in [-0.39, 0.29) is 0 Å². The van der Waals surface area contributed by atoms with Crippen molar-refractivity contribution in [2.45, 2.75) is 32.9 Å². The van der Waals surface area contributed by atoms with Gasteiger partial charge in [-0.2, -0.15) is 0 Å². The van der Waals surface area contributed by atoms with Crippen molar-refractivity contribution in [1.82, 2.24) is 10.6 Å². The Hall–Kier alpha value is -2.73. The van der Waals surface area contributed by atoms with Crippen LogP contribution in [0.3, 0.4) is 0 Å². The van der Waals surface area contributed by atoms with Gasteiger partial charge in [0, 0.05) is 44.0 Å². The molecule has 1 fully saturated rings. The Bertz CT molecular complexity index is 799. The minimum atomic E-state index is 0.310. The number of piperidine rings is 1. The standard InChI is InChI=1S/C24H34N4O2/c1-3-25-24(27-17-21-6-4-5-7-23(21)30-2)26-16-19-8-10-22(11-9-19)28-14-12-20(18-29)13-15-28/h4-11,20,29H,3,12-18H2,1-2H3,(H2,25,26,27). The van der Waals surface area contributed by atoms with Gasteiger partial charge in [-0.05, 0) is 49.4 Å². The second-order valence-corrected chi connectivity index (χ2v) is 7.64. The zero-order valence-corrected chi connectivity index (χ0v) is 18.1. The summed E-state index contributed by atoms with van der Waals surface area (Å²) >= 11 is 0. The normalized spacial score (nSPS) is 15.2. The molecule has 1 aliphatic heterocycles. The zero-order chi connectivity index (χ0) is 21.2. The van der Waals surface area contributed by atoms with Gasteiger partial charge in [-0.3, -0.25) is 0 Å². The molecule has 1 heterocycles. The maximum absolute atomic E-state index is 9.31. The molecule has 162 valence electrons. The molecule has 0 unspecified atom stereocenters. The van der Waals surface area contributed by atoms with E-state index in [4.69, 9.17) is 9.73 Å². The number of guanidine groups is 1. The summed E-state index contributed by atoms with van der Waals surface area (Å²) < 4.78 is 5.42. The fraction of sp³-hybridized carbons (Fsp3) is 0.458. The van der Waals surface area contributed by atoms with Gasteiger partial charge in [0.1, 0.15) is 5.75 Å². The number of nitrogens with one attached hydrogen (secondary N) is 2. The average Bonchev–Trinajstić information content (AvgIpc) is 2.81. The number of benzene rings is 2. The summed E-state index contributed by atoms with van der Waals surface area (Å²) in [6.45, 7) is 6.48. The van der Waals surface area contributed by atoms with Crippen LogP contribution < -0.4 is 20.3 Å². The molecule has 0 radical (unpaired) electrons. The van der Waals surface area contributed by atoms with Gasteiger partial charge in [0.2, 0.25) is 0 Å². The predicted molar refractivity (Wildman–Crippen MR) is 123 cm³/mol. The number of aliphatic imine (C=N–C) groups is 1. The molecule has 0 aromatic heterocycles. The topological polar surface area (TPSA) is 69.1 Å². The molecule has 2 aromatic carbocycles. The summed E-state index contributed by atoms with van der Waals surface area (Å²) in [7, 11) is 1.69. The van der Waals surface area contributed by atoms with E-state index in [0.717, 1.165) is 49.7 Å². The van der Waals surface area contributed by atoms with Crippen molar-refractivity contribution in [2.75, 3.05) is 38.3 Å². The van der Waals surface area contributed by atoms with E-state index in [1.165, 1.54) is 11.3 Å². The first-order valence-electron chi connectivity index (χ1n) is 10.8. The number of hydrogen-bond donors (Lipinski definition) is 3. The van der Waals surface area contributed by atoms with Crippen molar-refractivity contribution in [3.63, 3.8) is 0 Å². The van der Waals surface area contributed by atoms with Crippen LogP contribution in [0.25, 0.3) is 0 Å². The summed E-state index contributed by atoms with van der Waals surface area (Å²) in [5.74, 6) is 2.13. The van der Waals surface area contributed by atoms with Crippen molar-refractivity contribution in [1.29, 1.82) is 0 Å². The van der Waals surface area contributed by atoms with Crippen LogP contribution in [0.4, 0.5) is 5.69 Å². The van der Waals surface area contributed by atoms with Crippen LogP contribution in [0.1, 0.15) is 30.9 Å². The third-order valence-corrected chi connectivity index (χ3v) is 5.58. The van der Waals surface area contributed by atoms with Crippen molar-refractivity contribution in [3.8, 4) is 5.75 Å². The quantitative estimate of drug-likeness (QED) is 0.461. The van der Waals surface area contributed by atoms with E-state index in [2.05, 4.69) is 52.8 Å². The third-order valence-electron chi connectivity index (χ3n) is 5.58. The lowest BCUT2D eigenvalue weighted by Gasteiger charge is -2.32. The Morgan fingerprint density at radius 3 is 2.50 bits per heavy atom. The highest BCUT2D eigenvalue weighted by Gasteiger charge is 2.18. The molecule has 3 rings (SSSR count). The van der Waals surface area contributed by atoms with E-state index < -0.39 is 0 Å². The number of ether oxygens (including phenoxy) is 1. The minimum Gasteiger partial charge on any atom is -0.496 e. The van der Waals surface area contributed by atoms with Gasteiger partial charge in [0.15, 0.2) is 5.96 Å². The van der Waals surface area contributed by atoms with E-state index in [1.54, 1.807) is 7.11 Å². The molecule has 6 nitrogen and oxygen atoms in total. The van der Waals surface area contributed by atoms with Gasteiger partial charge in [0.25, 0.3) is 0 Å². The summed E-state index contributed by atoms with van der Waals surface area (Å²) in [5.41, 5.74) is 3.53. The number of rotatable bonds is 8. The minimum absolute atomic E-state index is 0.310. The van der Waals surface area contributed by atoms with Crippen molar-refractivity contribution in [3.05, 3.63) is 59.7 Å². The Morgan fingerprint density at radius 1 is 1.10 bits per heavy atom. The van der Waals surface area contributed by atoms with E-state index in [1.807, 2.05) is 18.2 Å². The lowest BCUT2D eigenvalue weighted by atomic mass is 9.97. The molecule has 1 aliphatic rings. The smallest absolute Gasteiger partial charge is 0.191 e. The first kappa shape index (κ1) is 22.0. The second kappa shape index (κ2) is 11.5. The second-order valence-electron chi connectivity index (χ2n) is 7.64. The van der Waals surface area contributed by atoms with Gasteiger partial charge in [-0.25, -0.2) is 4.99 Å². The SMILES string of the molecule is CCNC(=NCc1ccc(N2CCC(CO)CC2)cc1)NCc1ccccc1OC. The van der Waals surface area contributed by atoms with Crippen LogP contribution in [-0.2, 0) is 13.1 Å². The summed E-state index contributed by atoms with van der Waals surface area (Å²) in [5, 5.41) is 16.0. The molecular weight excluding hydrogens is 376 g/mol. The van der Waals surface area contributed by atoms with Crippen LogP contribution in [0.2, 0.25) is 0 Å². The van der Waals surface area contributed by atoms with Gasteiger partial charge in [-0.1, -0.05) is 30.3 Å². The van der Waals surface area contributed by atoms with E-state index in [9.17, 15) is 5.11 Å². The molecule has 0 atom stereocenters. The highest BCUT2D eigenvalue weighted by molar-refractivity contribution is 5.79. The van der Waals surface area contributed by atoms with Crippen molar-refractivity contribution < 1.29 is 9.84 Å². The predicted octanol–water partition coefficient (Wildman–Crippen LogP) is 3.16. The molecule has 0 saturated carbocycles. The van der Waals surface area contributed by atoms with E-state index >= 15 is 0 Å². The lowest BCUT2D eigenvalue weighted by Crippen LogP contribution is -2.36. The largest absolute Gasteiger partial charge is 0.496 e. The number of hydrogen-bond acceptors (Lipinski definition) is 4. The molecular formula is C24H34N4O2. The van der Waals surface area contributed by atoms with Crippen LogP contribution in [-0.4, -0.2) is 44.4 Å². The molecule has 2 aromatic rings. The lowest BCUT2D eigenvalue weighted by molar-refractivity contribution is 0.203. The molecule has 0 spiro atoms. The molecule has 30 heavy (non-hydrogen) atoms. The number of aliphatic hydroxyl groups excluding tert-OH is 1. The monoisotopic (exact) mass is 410 g/mol.